The Hall–Kier alpha value is -0.370. The summed E-state index contributed by atoms with van der Waals surface area (Å²) >= 11 is 1.73. The minimum atomic E-state index is 0.560. The van der Waals surface area contributed by atoms with Gasteiger partial charge in [-0.3, -0.25) is 0 Å². The van der Waals surface area contributed by atoms with Gasteiger partial charge < -0.3 is 0 Å². The van der Waals surface area contributed by atoms with Gasteiger partial charge in [-0.15, -0.1) is 11.3 Å². The smallest absolute Gasteiger partial charge is 0.0953 e. The van der Waals surface area contributed by atoms with E-state index >= 15 is 0 Å². The molecule has 0 aliphatic carbocycles. The summed E-state index contributed by atoms with van der Waals surface area (Å²) in [5.74, 6) is 0.560. The van der Waals surface area contributed by atoms with E-state index in [1.807, 2.05) is 0 Å². The van der Waals surface area contributed by atoms with Gasteiger partial charge in [0.15, 0.2) is 0 Å². The van der Waals surface area contributed by atoms with Gasteiger partial charge in [-0.2, -0.15) is 0 Å². The molecule has 0 aromatic carbocycles. The second kappa shape index (κ2) is 3.15. The van der Waals surface area contributed by atoms with E-state index in [1.165, 1.54) is 5.01 Å². The maximum absolute atomic E-state index is 4.38. The number of aromatic nitrogens is 1. The lowest BCUT2D eigenvalue weighted by atomic mass is 10.2. The standard InChI is InChI=1S/C8H12NS/c1-4-7-5-10-8(9-7)6(2)3/h5-6H,1,4H2,2-3H3. The van der Waals surface area contributed by atoms with Gasteiger partial charge >= 0.3 is 0 Å². The highest BCUT2D eigenvalue weighted by Gasteiger charge is 2.03. The van der Waals surface area contributed by atoms with Crippen molar-refractivity contribution in [3.8, 4) is 0 Å². The molecule has 1 rings (SSSR count). The van der Waals surface area contributed by atoms with Crippen molar-refractivity contribution in [3.63, 3.8) is 0 Å². The first-order valence-corrected chi connectivity index (χ1v) is 4.35. The average Bonchev–Trinajstić information content (AvgIpc) is 2.34. The second-order valence-electron chi connectivity index (χ2n) is 2.58. The van der Waals surface area contributed by atoms with Crippen LogP contribution in [0.4, 0.5) is 0 Å². The minimum Gasteiger partial charge on any atom is -0.246 e. The van der Waals surface area contributed by atoms with Crippen molar-refractivity contribution in [2.24, 2.45) is 0 Å². The molecule has 0 fully saturated rings. The molecule has 1 nitrogen and oxygen atoms in total. The van der Waals surface area contributed by atoms with Crippen molar-refractivity contribution in [3.05, 3.63) is 23.0 Å². The molecule has 0 bridgehead atoms. The summed E-state index contributed by atoms with van der Waals surface area (Å²) in [5.41, 5.74) is 1.12. The lowest BCUT2D eigenvalue weighted by Crippen LogP contribution is -1.86. The molecule has 0 saturated heterocycles. The van der Waals surface area contributed by atoms with Crippen LogP contribution in [0.2, 0.25) is 0 Å². The van der Waals surface area contributed by atoms with Crippen molar-refractivity contribution >= 4 is 11.3 Å². The fourth-order valence-corrected chi connectivity index (χ4v) is 1.57. The van der Waals surface area contributed by atoms with E-state index in [1.54, 1.807) is 11.3 Å². The van der Waals surface area contributed by atoms with Gasteiger partial charge in [-0.05, 0) is 13.3 Å². The van der Waals surface area contributed by atoms with Crippen LogP contribution >= 0.6 is 11.3 Å². The first kappa shape index (κ1) is 7.73. The summed E-state index contributed by atoms with van der Waals surface area (Å²) in [4.78, 5) is 4.38. The third kappa shape index (κ3) is 1.57. The van der Waals surface area contributed by atoms with Crippen molar-refractivity contribution in [2.75, 3.05) is 0 Å². The van der Waals surface area contributed by atoms with Gasteiger partial charge in [0.05, 0.1) is 10.7 Å². The largest absolute Gasteiger partial charge is 0.246 e. The predicted molar refractivity (Wildman–Crippen MR) is 45.3 cm³/mol. The normalized spacial score (nSPS) is 10.8. The highest BCUT2D eigenvalue weighted by molar-refractivity contribution is 7.09. The molecule has 10 heavy (non-hydrogen) atoms. The quantitative estimate of drug-likeness (QED) is 0.638. The third-order valence-corrected chi connectivity index (χ3v) is 2.51. The number of thiazole rings is 1. The van der Waals surface area contributed by atoms with Crippen LogP contribution in [-0.4, -0.2) is 4.98 Å². The molecule has 1 radical (unpaired) electrons. The zero-order valence-electron chi connectivity index (χ0n) is 6.42. The van der Waals surface area contributed by atoms with E-state index in [2.05, 4.69) is 31.1 Å². The second-order valence-corrected chi connectivity index (χ2v) is 3.47. The molecule has 2 heteroatoms. The summed E-state index contributed by atoms with van der Waals surface area (Å²) in [6.45, 7) is 8.09. The molecule has 0 amide bonds. The van der Waals surface area contributed by atoms with E-state index in [0.717, 1.165) is 12.1 Å². The number of hydrogen-bond acceptors (Lipinski definition) is 2. The molecule has 0 atom stereocenters. The molecule has 0 spiro atoms. The monoisotopic (exact) mass is 154 g/mol. The maximum Gasteiger partial charge on any atom is 0.0953 e. The zero-order valence-corrected chi connectivity index (χ0v) is 7.24. The van der Waals surface area contributed by atoms with Crippen LogP contribution in [0.25, 0.3) is 0 Å². The van der Waals surface area contributed by atoms with Crippen molar-refractivity contribution in [1.82, 2.24) is 4.98 Å². The Bertz CT molecular complexity index is 203. The first-order chi connectivity index (χ1) is 4.74. The van der Waals surface area contributed by atoms with Gasteiger partial charge in [0.1, 0.15) is 0 Å². The molecule has 1 aromatic heterocycles. The van der Waals surface area contributed by atoms with Gasteiger partial charge in [0, 0.05) is 11.3 Å². The zero-order chi connectivity index (χ0) is 7.56. The molecular formula is C8H12NS. The molecule has 0 aliphatic rings. The fourth-order valence-electron chi connectivity index (χ4n) is 0.703. The van der Waals surface area contributed by atoms with Crippen molar-refractivity contribution in [1.29, 1.82) is 0 Å². The number of nitrogens with zero attached hydrogens (tertiary/aromatic N) is 1. The SMILES string of the molecule is [CH2]Cc1csc(C(C)C)n1. The van der Waals surface area contributed by atoms with Crippen LogP contribution in [-0.2, 0) is 6.42 Å². The Balaban J connectivity index is 2.78. The van der Waals surface area contributed by atoms with Crippen LogP contribution in [0, 0.1) is 6.92 Å². The molecule has 1 aromatic rings. The topological polar surface area (TPSA) is 12.9 Å². The first-order valence-electron chi connectivity index (χ1n) is 3.47. The summed E-state index contributed by atoms with van der Waals surface area (Å²) in [6, 6.07) is 0. The summed E-state index contributed by atoms with van der Waals surface area (Å²) in [7, 11) is 0. The molecule has 55 valence electrons. The lowest BCUT2D eigenvalue weighted by molar-refractivity contribution is 0.843. The van der Waals surface area contributed by atoms with Gasteiger partial charge in [0.2, 0.25) is 0 Å². The number of rotatable bonds is 2. The van der Waals surface area contributed by atoms with Crippen LogP contribution in [0.1, 0.15) is 30.5 Å². The highest BCUT2D eigenvalue weighted by Crippen LogP contribution is 2.18. The van der Waals surface area contributed by atoms with Crippen LogP contribution in [0.3, 0.4) is 0 Å². The summed E-state index contributed by atoms with van der Waals surface area (Å²) in [6.07, 6.45) is 0.809. The average molecular weight is 154 g/mol. The highest BCUT2D eigenvalue weighted by atomic mass is 32.1. The van der Waals surface area contributed by atoms with E-state index in [-0.39, 0.29) is 0 Å². The van der Waals surface area contributed by atoms with Crippen LogP contribution < -0.4 is 0 Å². The van der Waals surface area contributed by atoms with E-state index in [9.17, 15) is 0 Å². The molecule has 0 saturated carbocycles. The molecule has 0 N–H and O–H groups in total. The van der Waals surface area contributed by atoms with Gasteiger partial charge in [-0.25, -0.2) is 4.98 Å². The van der Waals surface area contributed by atoms with E-state index in [0.29, 0.717) is 5.92 Å². The number of hydrogen-bond donors (Lipinski definition) is 0. The molecule has 0 aliphatic heterocycles. The summed E-state index contributed by atoms with van der Waals surface area (Å²) in [5, 5.41) is 3.31. The molecule has 0 unspecified atom stereocenters. The Morgan fingerprint density at radius 3 is 2.70 bits per heavy atom. The van der Waals surface area contributed by atoms with Crippen molar-refractivity contribution < 1.29 is 0 Å². The summed E-state index contributed by atoms with van der Waals surface area (Å²) < 4.78 is 0. The Morgan fingerprint density at radius 2 is 2.40 bits per heavy atom. The molecule has 1 heterocycles. The van der Waals surface area contributed by atoms with Crippen LogP contribution in [0.15, 0.2) is 5.38 Å². The predicted octanol–water partition coefficient (Wildman–Crippen LogP) is 2.64. The van der Waals surface area contributed by atoms with Gasteiger partial charge in [-0.1, -0.05) is 13.8 Å². The van der Waals surface area contributed by atoms with Gasteiger partial charge in [0.25, 0.3) is 0 Å². The fraction of sp³-hybridized carbons (Fsp3) is 0.500. The van der Waals surface area contributed by atoms with E-state index in [4.69, 9.17) is 0 Å². The molecular weight excluding hydrogens is 142 g/mol. The Kier molecular flexibility index (Phi) is 2.44. The Labute approximate surface area is 66.1 Å². The maximum atomic E-state index is 4.38. The minimum absolute atomic E-state index is 0.560. The van der Waals surface area contributed by atoms with E-state index < -0.39 is 0 Å². The van der Waals surface area contributed by atoms with Crippen LogP contribution in [0.5, 0.6) is 0 Å². The third-order valence-electron chi connectivity index (χ3n) is 1.32. The van der Waals surface area contributed by atoms with Crippen molar-refractivity contribution in [2.45, 2.75) is 26.2 Å². The Morgan fingerprint density at radius 1 is 1.70 bits per heavy atom. The lowest BCUT2D eigenvalue weighted by Gasteiger charge is -1.95.